The number of carbonyl (C=O) groups excluding carboxylic acids is 2. The first kappa shape index (κ1) is 22.5. The van der Waals surface area contributed by atoms with Crippen molar-refractivity contribution >= 4 is 45.6 Å². The van der Waals surface area contributed by atoms with Gasteiger partial charge in [-0.1, -0.05) is 24.3 Å². The largest absolute Gasteiger partial charge is 0.361 e. The minimum Gasteiger partial charge on any atom is -0.361 e. The van der Waals surface area contributed by atoms with Crippen LogP contribution in [0.3, 0.4) is 0 Å². The summed E-state index contributed by atoms with van der Waals surface area (Å²) >= 11 is 1.34. The fraction of sp³-hybridized carbons (Fsp3) is 0.240. The van der Waals surface area contributed by atoms with E-state index in [4.69, 9.17) is 0 Å². The zero-order valence-electron chi connectivity index (χ0n) is 18.7. The number of hydrogen-bond donors (Lipinski definition) is 3. The Morgan fingerprint density at radius 3 is 2.61 bits per heavy atom. The number of amides is 2. The first-order valence-electron chi connectivity index (χ1n) is 11.0. The standard InChI is InChI=1S/C25H27N5O2S/c1-3-30(4-2)23-12-11-18(16-27-23)28-24(31)21(29-25(32)22-10-7-13-33-22)14-17-15-26-20-9-6-5-8-19(17)20/h5-13,15-16,21,26H,3-4,14H2,1-2H3,(H,28,31)(H,29,32). The number of thiophene rings is 1. The number of hydrogen-bond acceptors (Lipinski definition) is 5. The number of aromatic amines is 1. The van der Waals surface area contributed by atoms with Crippen molar-refractivity contribution in [3.05, 3.63) is 76.7 Å². The number of nitrogens with one attached hydrogen (secondary N) is 3. The first-order valence-corrected chi connectivity index (χ1v) is 11.9. The van der Waals surface area contributed by atoms with E-state index < -0.39 is 6.04 Å². The number of carbonyl (C=O) groups is 2. The van der Waals surface area contributed by atoms with Crippen molar-refractivity contribution in [1.82, 2.24) is 15.3 Å². The Balaban J connectivity index is 1.54. The second-order valence-electron chi connectivity index (χ2n) is 7.63. The topological polar surface area (TPSA) is 90.1 Å². The van der Waals surface area contributed by atoms with E-state index in [9.17, 15) is 9.59 Å². The molecule has 33 heavy (non-hydrogen) atoms. The fourth-order valence-corrected chi connectivity index (χ4v) is 4.42. The molecule has 0 bridgehead atoms. The Morgan fingerprint density at radius 2 is 1.91 bits per heavy atom. The fourth-order valence-electron chi connectivity index (χ4n) is 3.79. The Hall–Kier alpha value is -3.65. The second kappa shape index (κ2) is 10.3. The summed E-state index contributed by atoms with van der Waals surface area (Å²) in [5, 5.41) is 8.69. The van der Waals surface area contributed by atoms with Crippen molar-refractivity contribution < 1.29 is 9.59 Å². The number of benzene rings is 1. The molecule has 3 N–H and O–H groups in total. The van der Waals surface area contributed by atoms with Crippen LogP contribution in [0.2, 0.25) is 0 Å². The van der Waals surface area contributed by atoms with Gasteiger partial charge in [0.05, 0.1) is 16.8 Å². The molecule has 170 valence electrons. The van der Waals surface area contributed by atoms with Crippen LogP contribution in [0.1, 0.15) is 29.1 Å². The lowest BCUT2D eigenvalue weighted by Crippen LogP contribution is -2.45. The molecule has 4 aromatic rings. The maximum atomic E-state index is 13.2. The van der Waals surface area contributed by atoms with Gasteiger partial charge in [-0.05, 0) is 49.1 Å². The number of fused-ring (bicyclic) bond motifs is 1. The third kappa shape index (κ3) is 5.23. The van der Waals surface area contributed by atoms with E-state index in [1.165, 1.54) is 11.3 Å². The van der Waals surface area contributed by atoms with E-state index in [2.05, 4.69) is 39.3 Å². The van der Waals surface area contributed by atoms with Crippen LogP contribution in [-0.4, -0.2) is 40.9 Å². The second-order valence-corrected chi connectivity index (χ2v) is 8.58. The maximum Gasteiger partial charge on any atom is 0.262 e. The SMILES string of the molecule is CCN(CC)c1ccc(NC(=O)C(Cc2c[nH]c3ccccc23)NC(=O)c2cccs2)cn1. The molecule has 0 aliphatic carbocycles. The normalized spacial score (nSPS) is 11.8. The van der Waals surface area contributed by atoms with Gasteiger partial charge in [-0.2, -0.15) is 0 Å². The van der Waals surface area contributed by atoms with Gasteiger partial charge in [-0.15, -0.1) is 11.3 Å². The lowest BCUT2D eigenvalue weighted by Gasteiger charge is -2.20. The Morgan fingerprint density at radius 1 is 1.09 bits per heavy atom. The molecule has 2 amide bonds. The molecule has 0 saturated carbocycles. The number of rotatable bonds is 9. The highest BCUT2D eigenvalue weighted by Gasteiger charge is 2.24. The summed E-state index contributed by atoms with van der Waals surface area (Å²) in [7, 11) is 0. The molecule has 3 aromatic heterocycles. The molecule has 0 aliphatic rings. The van der Waals surface area contributed by atoms with Crippen LogP contribution in [0.15, 0.2) is 66.3 Å². The molecular formula is C25H27N5O2S. The lowest BCUT2D eigenvalue weighted by molar-refractivity contribution is -0.118. The van der Waals surface area contributed by atoms with Gasteiger partial charge in [0.15, 0.2) is 0 Å². The molecule has 1 aromatic carbocycles. The van der Waals surface area contributed by atoms with E-state index in [-0.39, 0.29) is 11.8 Å². The van der Waals surface area contributed by atoms with Crippen LogP contribution < -0.4 is 15.5 Å². The smallest absolute Gasteiger partial charge is 0.262 e. The predicted octanol–water partition coefficient (Wildman–Crippen LogP) is 4.45. The summed E-state index contributed by atoms with van der Waals surface area (Å²) < 4.78 is 0. The van der Waals surface area contributed by atoms with Crippen molar-refractivity contribution in [2.24, 2.45) is 0 Å². The van der Waals surface area contributed by atoms with Crippen LogP contribution >= 0.6 is 11.3 Å². The summed E-state index contributed by atoms with van der Waals surface area (Å²) in [6.45, 7) is 5.87. The Kier molecular flexibility index (Phi) is 7.04. The van der Waals surface area contributed by atoms with E-state index >= 15 is 0 Å². The molecule has 0 radical (unpaired) electrons. The minimum atomic E-state index is -0.749. The van der Waals surface area contributed by atoms with E-state index in [1.54, 1.807) is 12.3 Å². The molecule has 4 rings (SSSR count). The number of pyridine rings is 1. The average Bonchev–Trinajstić information content (AvgIpc) is 3.51. The van der Waals surface area contributed by atoms with Gasteiger partial charge in [0.25, 0.3) is 5.91 Å². The molecule has 0 saturated heterocycles. The number of anilines is 2. The van der Waals surface area contributed by atoms with Crippen molar-refractivity contribution in [2.45, 2.75) is 26.3 Å². The Labute approximate surface area is 196 Å². The van der Waals surface area contributed by atoms with E-state index in [0.717, 1.165) is 35.4 Å². The van der Waals surface area contributed by atoms with Crippen molar-refractivity contribution in [3.63, 3.8) is 0 Å². The molecule has 1 atom stereocenters. The molecule has 1 unspecified atom stereocenters. The highest BCUT2D eigenvalue weighted by atomic mass is 32.1. The lowest BCUT2D eigenvalue weighted by atomic mass is 10.0. The van der Waals surface area contributed by atoms with Gasteiger partial charge < -0.3 is 20.5 Å². The number of para-hydroxylation sites is 1. The summed E-state index contributed by atoms with van der Waals surface area (Å²) in [6.07, 6.45) is 3.90. The molecular weight excluding hydrogens is 434 g/mol. The van der Waals surface area contributed by atoms with Gasteiger partial charge in [0.2, 0.25) is 5.91 Å². The number of nitrogens with zero attached hydrogens (tertiary/aromatic N) is 2. The van der Waals surface area contributed by atoms with Crippen LogP contribution in [-0.2, 0) is 11.2 Å². The first-order chi connectivity index (χ1) is 16.1. The summed E-state index contributed by atoms with van der Waals surface area (Å²) in [5.41, 5.74) is 2.55. The van der Waals surface area contributed by atoms with Crippen molar-refractivity contribution in [1.29, 1.82) is 0 Å². The highest BCUT2D eigenvalue weighted by molar-refractivity contribution is 7.12. The molecule has 0 aliphatic heterocycles. The quantitative estimate of drug-likeness (QED) is 0.343. The zero-order chi connectivity index (χ0) is 23.2. The van der Waals surface area contributed by atoms with Gasteiger partial charge in [-0.25, -0.2) is 4.98 Å². The number of aromatic nitrogens is 2. The van der Waals surface area contributed by atoms with Gasteiger partial charge >= 0.3 is 0 Å². The van der Waals surface area contributed by atoms with Crippen LogP contribution in [0.5, 0.6) is 0 Å². The maximum absolute atomic E-state index is 13.2. The van der Waals surface area contributed by atoms with E-state index in [0.29, 0.717) is 17.0 Å². The average molecular weight is 462 g/mol. The zero-order valence-corrected chi connectivity index (χ0v) is 19.5. The van der Waals surface area contributed by atoms with Crippen molar-refractivity contribution in [2.75, 3.05) is 23.3 Å². The van der Waals surface area contributed by atoms with Gasteiger partial charge in [0, 0.05) is 36.6 Å². The molecule has 8 heteroatoms. The highest BCUT2D eigenvalue weighted by Crippen LogP contribution is 2.20. The van der Waals surface area contributed by atoms with Crippen LogP contribution in [0.25, 0.3) is 10.9 Å². The van der Waals surface area contributed by atoms with E-state index in [1.807, 2.05) is 54.0 Å². The third-order valence-corrected chi connectivity index (χ3v) is 6.44. The molecule has 7 nitrogen and oxygen atoms in total. The van der Waals surface area contributed by atoms with Gasteiger partial charge in [0.1, 0.15) is 11.9 Å². The monoisotopic (exact) mass is 461 g/mol. The predicted molar refractivity (Wildman–Crippen MR) is 134 cm³/mol. The summed E-state index contributed by atoms with van der Waals surface area (Å²) in [5.74, 6) is 0.307. The summed E-state index contributed by atoms with van der Waals surface area (Å²) in [6, 6.07) is 14.5. The summed E-state index contributed by atoms with van der Waals surface area (Å²) in [4.78, 5) is 36.4. The molecule has 0 fully saturated rings. The molecule has 3 heterocycles. The minimum absolute atomic E-state index is 0.264. The van der Waals surface area contributed by atoms with Gasteiger partial charge in [-0.3, -0.25) is 9.59 Å². The Bertz CT molecular complexity index is 1210. The third-order valence-electron chi connectivity index (χ3n) is 5.57. The molecule has 0 spiro atoms. The van der Waals surface area contributed by atoms with Crippen LogP contribution in [0.4, 0.5) is 11.5 Å². The van der Waals surface area contributed by atoms with Crippen molar-refractivity contribution in [3.8, 4) is 0 Å². The number of H-pyrrole nitrogens is 1. The van der Waals surface area contributed by atoms with Crippen LogP contribution in [0, 0.1) is 0 Å².